The molecule has 1 saturated carbocycles. The van der Waals surface area contributed by atoms with Crippen LogP contribution in [0.2, 0.25) is 0 Å². The van der Waals surface area contributed by atoms with Gasteiger partial charge in [-0.3, -0.25) is 0 Å². The van der Waals surface area contributed by atoms with E-state index in [1.54, 1.807) is 6.92 Å². The molecule has 140 valence electrons. The molecule has 1 fully saturated rings. The monoisotopic (exact) mass is 389 g/mol. The second-order valence-corrected chi connectivity index (χ2v) is 10.6. The highest BCUT2D eigenvalue weighted by Gasteiger charge is 2.44. The van der Waals surface area contributed by atoms with E-state index in [0.717, 1.165) is 25.2 Å². The molecular formula is C16H23NO6S2. The molecule has 1 aliphatic carbocycles. The minimum absolute atomic E-state index is 0.0657. The molecule has 0 bridgehead atoms. The second kappa shape index (κ2) is 7.05. The molecule has 0 aromatic heterocycles. The number of hydrogen-bond donors (Lipinski definition) is 2. The Balaban J connectivity index is 2.31. The first-order valence-corrected chi connectivity index (χ1v) is 11.5. The highest BCUT2D eigenvalue weighted by Crippen LogP contribution is 2.36. The van der Waals surface area contributed by atoms with Crippen LogP contribution in [0.5, 0.6) is 0 Å². The number of sulfonamides is 1. The third-order valence-electron chi connectivity index (χ3n) is 4.89. The Kier molecular flexibility index (Phi) is 5.60. The van der Waals surface area contributed by atoms with Crippen molar-refractivity contribution in [2.45, 2.75) is 48.7 Å². The molecule has 25 heavy (non-hydrogen) atoms. The number of carboxylic acids is 1. The van der Waals surface area contributed by atoms with Crippen LogP contribution in [0, 0.1) is 0 Å². The maximum absolute atomic E-state index is 12.5. The van der Waals surface area contributed by atoms with Crippen LogP contribution in [0.25, 0.3) is 0 Å². The van der Waals surface area contributed by atoms with Crippen molar-refractivity contribution in [2.24, 2.45) is 0 Å². The number of nitrogens with one attached hydrogen (secondary N) is 1. The van der Waals surface area contributed by atoms with Crippen LogP contribution in [0.1, 0.15) is 48.5 Å². The molecule has 1 aromatic carbocycles. The fraction of sp³-hybridized carbons (Fsp3) is 0.562. The SMILES string of the molecule is CCc1ccc(S(=O)(=O)NCC2(S(C)(=O)=O)CCCC2)cc1C(=O)O. The Labute approximate surface area is 148 Å². The summed E-state index contributed by atoms with van der Waals surface area (Å²) >= 11 is 0. The molecule has 0 radical (unpaired) electrons. The molecule has 0 saturated heterocycles. The van der Waals surface area contributed by atoms with Crippen LogP contribution in [0.3, 0.4) is 0 Å². The number of aromatic carboxylic acids is 1. The van der Waals surface area contributed by atoms with Crippen molar-refractivity contribution < 1.29 is 26.7 Å². The maximum Gasteiger partial charge on any atom is 0.336 e. The summed E-state index contributed by atoms with van der Waals surface area (Å²) in [6, 6.07) is 3.93. The van der Waals surface area contributed by atoms with Gasteiger partial charge in [0.15, 0.2) is 9.84 Å². The van der Waals surface area contributed by atoms with E-state index >= 15 is 0 Å². The van der Waals surface area contributed by atoms with Crippen molar-refractivity contribution in [1.29, 1.82) is 0 Å². The minimum Gasteiger partial charge on any atom is -0.478 e. The Bertz CT molecular complexity index is 868. The van der Waals surface area contributed by atoms with Crippen LogP contribution < -0.4 is 4.72 Å². The molecule has 1 aliphatic rings. The first kappa shape index (κ1) is 19.9. The van der Waals surface area contributed by atoms with Crippen molar-refractivity contribution >= 4 is 25.8 Å². The molecule has 0 heterocycles. The summed E-state index contributed by atoms with van der Waals surface area (Å²) in [5.74, 6) is -1.20. The van der Waals surface area contributed by atoms with Crippen molar-refractivity contribution in [3.8, 4) is 0 Å². The molecule has 0 aliphatic heterocycles. The highest BCUT2D eigenvalue weighted by molar-refractivity contribution is 7.92. The normalized spacial score (nSPS) is 17.5. The molecule has 0 spiro atoms. The summed E-state index contributed by atoms with van der Waals surface area (Å²) in [4.78, 5) is 11.1. The van der Waals surface area contributed by atoms with Crippen molar-refractivity contribution in [3.63, 3.8) is 0 Å². The van der Waals surface area contributed by atoms with Crippen molar-refractivity contribution in [3.05, 3.63) is 29.3 Å². The van der Waals surface area contributed by atoms with Gasteiger partial charge in [0, 0.05) is 12.8 Å². The Morgan fingerprint density at radius 3 is 2.28 bits per heavy atom. The predicted octanol–water partition coefficient (Wildman–Crippen LogP) is 1.58. The predicted molar refractivity (Wildman–Crippen MR) is 94.0 cm³/mol. The maximum atomic E-state index is 12.5. The van der Waals surface area contributed by atoms with Gasteiger partial charge in [-0.25, -0.2) is 26.4 Å². The van der Waals surface area contributed by atoms with Gasteiger partial charge in [0.05, 0.1) is 15.2 Å². The van der Waals surface area contributed by atoms with E-state index in [2.05, 4.69) is 4.72 Å². The molecule has 9 heteroatoms. The zero-order valence-corrected chi connectivity index (χ0v) is 15.9. The van der Waals surface area contributed by atoms with Crippen LogP contribution in [0.4, 0.5) is 0 Å². The second-order valence-electron chi connectivity index (χ2n) is 6.46. The van der Waals surface area contributed by atoms with Gasteiger partial charge in [0.2, 0.25) is 10.0 Å². The molecular weight excluding hydrogens is 366 g/mol. The van der Waals surface area contributed by atoms with E-state index in [1.807, 2.05) is 0 Å². The van der Waals surface area contributed by atoms with E-state index in [4.69, 9.17) is 0 Å². The molecule has 0 unspecified atom stereocenters. The first-order chi connectivity index (χ1) is 11.5. The summed E-state index contributed by atoms with van der Waals surface area (Å²) < 4.78 is 50.6. The van der Waals surface area contributed by atoms with E-state index in [1.165, 1.54) is 12.1 Å². The number of carbonyl (C=O) groups is 1. The van der Waals surface area contributed by atoms with E-state index < -0.39 is 30.6 Å². The van der Waals surface area contributed by atoms with Gasteiger partial charge < -0.3 is 5.11 Å². The molecule has 1 aromatic rings. The number of benzene rings is 1. The molecule has 7 nitrogen and oxygen atoms in total. The van der Waals surface area contributed by atoms with Gasteiger partial charge in [0.1, 0.15) is 0 Å². The zero-order chi connectivity index (χ0) is 18.9. The average Bonchev–Trinajstić information content (AvgIpc) is 3.02. The number of rotatable bonds is 7. The van der Waals surface area contributed by atoms with Gasteiger partial charge in [-0.1, -0.05) is 25.8 Å². The van der Waals surface area contributed by atoms with Gasteiger partial charge in [-0.05, 0) is 37.0 Å². The Hall–Kier alpha value is -1.45. The minimum atomic E-state index is -4.00. The van der Waals surface area contributed by atoms with Crippen molar-refractivity contribution in [2.75, 3.05) is 12.8 Å². The number of carboxylic acid groups (broad SMARTS) is 1. The lowest BCUT2D eigenvalue weighted by Crippen LogP contribution is -2.46. The third kappa shape index (κ3) is 4.04. The summed E-state index contributed by atoms with van der Waals surface area (Å²) in [5, 5.41) is 9.24. The Morgan fingerprint density at radius 2 is 1.80 bits per heavy atom. The highest BCUT2D eigenvalue weighted by atomic mass is 32.2. The molecule has 0 amide bonds. The standard InChI is InChI=1S/C16H23NO6S2/c1-3-12-6-7-13(10-14(12)15(18)19)25(22,23)17-11-16(24(2,20)21)8-4-5-9-16/h6-7,10,17H,3-5,8-9,11H2,1-2H3,(H,18,19). The first-order valence-electron chi connectivity index (χ1n) is 8.08. The summed E-state index contributed by atoms with van der Waals surface area (Å²) in [6.45, 7) is 1.58. The van der Waals surface area contributed by atoms with Crippen LogP contribution in [0.15, 0.2) is 23.1 Å². The van der Waals surface area contributed by atoms with Gasteiger partial charge in [-0.2, -0.15) is 0 Å². The van der Waals surface area contributed by atoms with Gasteiger partial charge >= 0.3 is 5.97 Å². The van der Waals surface area contributed by atoms with E-state index in [0.29, 0.717) is 24.8 Å². The summed E-state index contributed by atoms with van der Waals surface area (Å²) in [6.07, 6.45) is 3.91. The lowest BCUT2D eigenvalue weighted by molar-refractivity contribution is 0.0695. The largest absolute Gasteiger partial charge is 0.478 e. The van der Waals surface area contributed by atoms with Gasteiger partial charge in [0.25, 0.3) is 0 Å². The smallest absolute Gasteiger partial charge is 0.336 e. The third-order valence-corrected chi connectivity index (χ3v) is 8.41. The van der Waals surface area contributed by atoms with Gasteiger partial charge in [-0.15, -0.1) is 0 Å². The summed E-state index contributed by atoms with van der Waals surface area (Å²) in [7, 11) is -7.43. The lowest BCUT2D eigenvalue weighted by Gasteiger charge is -2.27. The van der Waals surface area contributed by atoms with Crippen LogP contribution >= 0.6 is 0 Å². The molecule has 2 rings (SSSR count). The number of hydrogen-bond acceptors (Lipinski definition) is 5. The zero-order valence-electron chi connectivity index (χ0n) is 14.3. The van der Waals surface area contributed by atoms with Crippen LogP contribution in [-0.2, 0) is 26.3 Å². The fourth-order valence-electron chi connectivity index (χ4n) is 3.24. The van der Waals surface area contributed by atoms with Crippen LogP contribution in [-0.4, -0.2) is 45.5 Å². The van der Waals surface area contributed by atoms with Crippen molar-refractivity contribution in [1.82, 2.24) is 4.72 Å². The Morgan fingerprint density at radius 1 is 1.20 bits per heavy atom. The lowest BCUT2D eigenvalue weighted by atomic mass is 10.1. The summed E-state index contributed by atoms with van der Waals surface area (Å²) in [5.41, 5.74) is 0.471. The fourth-order valence-corrected chi connectivity index (χ4v) is 5.85. The van der Waals surface area contributed by atoms with E-state index in [9.17, 15) is 26.7 Å². The quantitative estimate of drug-likeness (QED) is 0.731. The molecule has 2 N–H and O–H groups in total. The topological polar surface area (TPSA) is 118 Å². The van der Waals surface area contributed by atoms with E-state index in [-0.39, 0.29) is 17.0 Å². The number of aryl methyl sites for hydroxylation is 1. The average molecular weight is 389 g/mol. The molecule has 0 atom stereocenters. The number of sulfone groups is 1.